The Kier molecular flexibility index (Phi) is 8.67. The van der Waals surface area contributed by atoms with Gasteiger partial charge in [-0.1, -0.05) is 59.1 Å². The number of fused-ring (bicyclic) bond motifs is 4. The number of anilines is 1. The number of hydrogen-bond acceptors (Lipinski definition) is 8. The number of amides is 4. The molecule has 49 heavy (non-hydrogen) atoms. The van der Waals surface area contributed by atoms with Crippen LogP contribution in [0.3, 0.4) is 0 Å². The molecular formula is C37H35Cl2N3O7. The Morgan fingerprint density at radius 2 is 1.63 bits per heavy atom. The van der Waals surface area contributed by atoms with Crippen molar-refractivity contribution in [3.63, 3.8) is 0 Å². The first-order valence-electron chi connectivity index (χ1n) is 16.3. The van der Waals surface area contributed by atoms with Crippen LogP contribution in [0.2, 0.25) is 10.0 Å². The van der Waals surface area contributed by atoms with Crippen LogP contribution in [0.1, 0.15) is 36.8 Å². The molecule has 2 heterocycles. The Balaban J connectivity index is 1.44. The lowest BCUT2D eigenvalue weighted by atomic mass is 9.49. The van der Waals surface area contributed by atoms with Crippen LogP contribution in [0, 0.1) is 23.7 Å². The Bertz CT molecular complexity index is 1860. The summed E-state index contributed by atoms with van der Waals surface area (Å²) in [6.07, 6.45) is 2.54. The number of hydrazine groups is 1. The molecule has 6 unspecified atom stereocenters. The van der Waals surface area contributed by atoms with Crippen LogP contribution in [0.4, 0.5) is 5.69 Å². The van der Waals surface area contributed by atoms with Crippen LogP contribution in [0.25, 0.3) is 0 Å². The van der Waals surface area contributed by atoms with Crippen molar-refractivity contribution >= 4 is 52.5 Å². The number of carbonyl (C=O) groups excluding carboxylic acids is 4. The van der Waals surface area contributed by atoms with Crippen molar-refractivity contribution in [2.45, 2.75) is 31.1 Å². The second-order valence-electron chi connectivity index (χ2n) is 12.8. The van der Waals surface area contributed by atoms with Gasteiger partial charge in [-0.2, -0.15) is 5.01 Å². The quantitative estimate of drug-likeness (QED) is 0.225. The average Bonchev–Trinajstić information content (AvgIpc) is 3.49. The number of nitrogens with one attached hydrogen (secondary N) is 1. The summed E-state index contributed by atoms with van der Waals surface area (Å²) in [7, 11) is 1.55. The maximum Gasteiger partial charge on any atom is 0.260 e. The molecule has 3 aromatic rings. The topological polar surface area (TPSA) is 125 Å². The molecule has 0 radical (unpaired) electrons. The molecule has 2 aliphatic heterocycles. The van der Waals surface area contributed by atoms with Crippen molar-refractivity contribution < 1.29 is 33.8 Å². The number of nitrogens with zero attached hydrogens (tertiary/aromatic N) is 2. The molecule has 4 amide bonds. The highest BCUT2D eigenvalue weighted by molar-refractivity contribution is 6.36. The lowest BCUT2D eigenvalue weighted by molar-refractivity contribution is -0.141. The van der Waals surface area contributed by atoms with E-state index in [-0.39, 0.29) is 43.0 Å². The van der Waals surface area contributed by atoms with Gasteiger partial charge in [-0.05, 0) is 79.3 Å². The van der Waals surface area contributed by atoms with E-state index in [4.69, 9.17) is 32.7 Å². The van der Waals surface area contributed by atoms with Crippen molar-refractivity contribution in [1.29, 1.82) is 0 Å². The molecule has 2 aliphatic carbocycles. The molecule has 1 saturated carbocycles. The van der Waals surface area contributed by atoms with Crippen LogP contribution >= 0.6 is 23.2 Å². The predicted octanol–water partition coefficient (Wildman–Crippen LogP) is 5.38. The lowest BCUT2D eigenvalue weighted by Crippen LogP contribution is -2.53. The van der Waals surface area contributed by atoms with E-state index in [1.54, 1.807) is 50.4 Å². The number of hydrogen-bond donors (Lipinski definition) is 2. The van der Waals surface area contributed by atoms with Crippen molar-refractivity contribution in [3.8, 4) is 11.5 Å². The number of halogens is 2. The SMILES string of the molecule is CCN1C(=O)C2CC=C3C(CC4C(=O)N(Nc5ccc(Cl)cc5Cl)C(=O)C4(c4ccc(OC)cc4)C3c3ccc(OCCO)cc3)C2C1=O. The second kappa shape index (κ2) is 12.8. The van der Waals surface area contributed by atoms with Gasteiger partial charge >= 0.3 is 0 Å². The molecule has 12 heteroatoms. The van der Waals surface area contributed by atoms with Crippen LogP contribution in [0.15, 0.2) is 78.4 Å². The fourth-order valence-corrected chi connectivity index (χ4v) is 8.97. The number of carbonyl (C=O) groups is 4. The molecule has 7 rings (SSSR count). The van der Waals surface area contributed by atoms with Gasteiger partial charge in [-0.15, -0.1) is 0 Å². The summed E-state index contributed by atoms with van der Waals surface area (Å²) in [6, 6.07) is 19.2. The highest BCUT2D eigenvalue weighted by Crippen LogP contribution is 2.64. The fourth-order valence-electron chi connectivity index (χ4n) is 8.52. The molecule has 6 atom stereocenters. The van der Waals surface area contributed by atoms with Crippen LogP contribution in [0.5, 0.6) is 11.5 Å². The zero-order valence-corrected chi connectivity index (χ0v) is 28.4. The maximum absolute atomic E-state index is 15.3. The molecule has 3 aromatic carbocycles. The second-order valence-corrected chi connectivity index (χ2v) is 13.6. The summed E-state index contributed by atoms with van der Waals surface area (Å²) in [6.45, 7) is 2.01. The number of rotatable bonds is 9. The van der Waals surface area contributed by atoms with Gasteiger partial charge in [0.2, 0.25) is 11.8 Å². The molecule has 2 N–H and O–H groups in total. The molecule has 3 fully saturated rings. The zero-order chi connectivity index (χ0) is 34.6. The lowest BCUT2D eigenvalue weighted by Gasteiger charge is -2.50. The Labute approximate surface area is 293 Å². The Hall–Kier alpha value is -4.38. The summed E-state index contributed by atoms with van der Waals surface area (Å²) in [5, 5.41) is 11.0. The molecule has 0 aromatic heterocycles. The number of ether oxygens (including phenoxy) is 2. The first kappa shape index (κ1) is 33.1. The number of benzene rings is 3. The molecule has 10 nitrogen and oxygen atoms in total. The average molecular weight is 705 g/mol. The number of methoxy groups -OCH3 is 1. The third-order valence-electron chi connectivity index (χ3n) is 10.6. The van der Waals surface area contributed by atoms with Gasteiger partial charge in [-0.3, -0.25) is 29.5 Å². The van der Waals surface area contributed by atoms with E-state index in [2.05, 4.69) is 5.43 Å². The highest BCUT2D eigenvalue weighted by Gasteiger charge is 2.70. The van der Waals surface area contributed by atoms with Crippen molar-refractivity contribution in [1.82, 2.24) is 9.91 Å². The fraction of sp³-hybridized carbons (Fsp3) is 0.351. The van der Waals surface area contributed by atoms with Crippen LogP contribution < -0.4 is 14.9 Å². The van der Waals surface area contributed by atoms with Crippen LogP contribution in [-0.4, -0.2) is 65.5 Å². The van der Waals surface area contributed by atoms with E-state index in [0.717, 1.165) is 16.1 Å². The normalized spacial score (nSPS) is 27.4. The number of aliphatic hydroxyl groups excluding tert-OH is 1. The highest BCUT2D eigenvalue weighted by atomic mass is 35.5. The minimum atomic E-state index is -1.45. The van der Waals surface area contributed by atoms with Gasteiger partial charge in [-0.25, -0.2) is 0 Å². The van der Waals surface area contributed by atoms with E-state index in [1.165, 1.54) is 11.0 Å². The summed E-state index contributed by atoms with van der Waals surface area (Å²) >= 11 is 12.7. The van der Waals surface area contributed by atoms with E-state index in [1.807, 2.05) is 30.3 Å². The number of aliphatic hydroxyl groups is 1. The van der Waals surface area contributed by atoms with E-state index >= 15 is 4.79 Å². The van der Waals surface area contributed by atoms with E-state index in [0.29, 0.717) is 34.2 Å². The van der Waals surface area contributed by atoms with Crippen molar-refractivity contribution in [2.75, 3.05) is 32.3 Å². The summed E-state index contributed by atoms with van der Waals surface area (Å²) in [5.74, 6) is -3.52. The van der Waals surface area contributed by atoms with E-state index in [9.17, 15) is 19.5 Å². The Morgan fingerprint density at radius 3 is 2.29 bits per heavy atom. The van der Waals surface area contributed by atoms with Gasteiger partial charge in [0.25, 0.3) is 11.8 Å². The third kappa shape index (κ3) is 5.11. The minimum absolute atomic E-state index is 0.113. The minimum Gasteiger partial charge on any atom is -0.497 e. The number of allylic oxidation sites excluding steroid dienone is 2. The summed E-state index contributed by atoms with van der Waals surface area (Å²) < 4.78 is 11.1. The number of likely N-dealkylation sites (tertiary alicyclic amines) is 1. The maximum atomic E-state index is 15.3. The zero-order valence-electron chi connectivity index (χ0n) is 26.9. The van der Waals surface area contributed by atoms with Gasteiger partial charge in [0, 0.05) is 17.5 Å². The van der Waals surface area contributed by atoms with Crippen LogP contribution in [-0.2, 0) is 24.6 Å². The first-order valence-corrected chi connectivity index (χ1v) is 17.0. The van der Waals surface area contributed by atoms with Crippen molar-refractivity contribution in [3.05, 3.63) is 99.6 Å². The largest absolute Gasteiger partial charge is 0.497 e. The molecular weight excluding hydrogens is 669 g/mol. The van der Waals surface area contributed by atoms with Gasteiger partial charge < -0.3 is 14.6 Å². The monoisotopic (exact) mass is 703 g/mol. The molecule has 254 valence electrons. The standard InChI is InChI=1S/C37H35Cl2N3O7/c1-3-41-33(44)26-14-13-25-27(31(26)35(41)46)19-28-34(45)42(40-30-15-8-22(38)18-29(30)39)36(47)37(28,21-6-11-23(48-2)12-7-21)32(25)20-4-9-24(10-5-20)49-17-16-43/h4-13,15,18,26-28,31-32,40,43H,3,14,16-17,19H2,1-2H3. The smallest absolute Gasteiger partial charge is 0.260 e. The molecule has 4 aliphatic rings. The first-order chi connectivity index (χ1) is 23.6. The van der Waals surface area contributed by atoms with Crippen molar-refractivity contribution in [2.24, 2.45) is 23.7 Å². The molecule has 0 bridgehead atoms. The molecule has 2 saturated heterocycles. The third-order valence-corrected chi connectivity index (χ3v) is 11.1. The molecule has 0 spiro atoms. The number of imide groups is 2. The summed E-state index contributed by atoms with van der Waals surface area (Å²) in [4.78, 5) is 58.6. The van der Waals surface area contributed by atoms with Gasteiger partial charge in [0.15, 0.2) is 0 Å². The van der Waals surface area contributed by atoms with Gasteiger partial charge in [0.05, 0.1) is 47.6 Å². The Morgan fingerprint density at radius 1 is 0.918 bits per heavy atom. The predicted molar refractivity (Wildman–Crippen MR) is 182 cm³/mol. The van der Waals surface area contributed by atoms with E-state index < -0.39 is 46.8 Å². The summed E-state index contributed by atoms with van der Waals surface area (Å²) in [5.41, 5.74) is 4.07. The van der Waals surface area contributed by atoms with Gasteiger partial charge in [0.1, 0.15) is 18.1 Å².